The number of benzene rings is 3. The highest BCUT2D eigenvalue weighted by Crippen LogP contribution is 2.43. The lowest BCUT2D eigenvalue weighted by Crippen LogP contribution is -2.21. The third kappa shape index (κ3) is 4.50. The molecule has 0 spiro atoms. The molecule has 35 heavy (non-hydrogen) atoms. The molecule has 4 aromatic rings. The summed E-state index contributed by atoms with van der Waals surface area (Å²) in [5.74, 6) is 6.27. The van der Waals surface area contributed by atoms with Crippen LogP contribution in [0.5, 0.6) is 0 Å². The van der Waals surface area contributed by atoms with Gasteiger partial charge in [-0.3, -0.25) is 4.79 Å². The van der Waals surface area contributed by atoms with E-state index in [2.05, 4.69) is 75.9 Å². The molecule has 1 atom stereocenters. The minimum atomic E-state index is -0.0815. The Morgan fingerprint density at radius 3 is 2.57 bits per heavy atom. The molecule has 5 rings (SSSR count). The fraction of sp³-hybridized carbons (Fsp3) is 0.194. The Morgan fingerprint density at radius 1 is 1.03 bits per heavy atom. The number of allylic oxidation sites excluding steroid dienone is 1. The molecule has 1 aliphatic rings. The van der Waals surface area contributed by atoms with Crippen LogP contribution in [0.2, 0.25) is 5.02 Å². The van der Waals surface area contributed by atoms with E-state index in [0.29, 0.717) is 17.1 Å². The van der Waals surface area contributed by atoms with Gasteiger partial charge in [-0.25, -0.2) is 0 Å². The number of carbonyl (C=O) groups is 1. The molecule has 0 aliphatic carbocycles. The first-order valence-corrected chi connectivity index (χ1v) is 12.4. The molecule has 1 fully saturated rings. The number of carbonyl (C=O) groups excluding carboxylic acids is 1. The molecule has 0 amide bonds. The first kappa shape index (κ1) is 23.0. The molecule has 3 nitrogen and oxygen atoms in total. The maximum absolute atomic E-state index is 12.9. The van der Waals surface area contributed by atoms with Gasteiger partial charge >= 0.3 is 0 Å². The van der Waals surface area contributed by atoms with E-state index in [0.717, 1.165) is 19.4 Å². The largest absolute Gasteiger partial charge is 0.369 e. The number of halogens is 1. The van der Waals surface area contributed by atoms with Crippen molar-refractivity contribution in [3.63, 3.8) is 0 Å². The van der Waals surface area contributed by atoms with Crippen molar-refractivity contribution in [1.82, 2.24) is 9.47 Å². The topological polar surface area (TPSA) is 25.2 Å². The van der Waals surface area contributed by atoms with E-state index in [1.807, 2.05) is 25.3 Å². The zero-order valence-electron chi connectivity index (χ0n) is 19.7. The Bertz CT molecular complexity index is 1460. The molecule has 3 aromatic carbocycles. The van der Waals surface area contributed by atoms with Crippen LogP contribution >= 0.6 is 11.6 Å². The molecule has 0 radical (unpaired) electrons. The van der Waals surface area contributed by atoms with Crippen LogP contribution in [0.4, 0.5) is 0 Å². The smallest absolute Gasteiger partial charge is 0.188 e. The summed E-state index contributed by atoms with van der Waals surface area (Å²) in [6.45, 7) is 3.41. The first-order chi connectivity index (χ1) is 17.2. The van der Waals surface area contributed by atoms with Gasteiger partial charge in [0.2, 0.25) is 0 Å². The number of fused-ring (bicyclic) bond motifs is 1. The van der Waals surface area contributed by atoms with Crippen molar-refractivity contribution in [3.8, 4) is 23.0 Å². The second-order valence-electron chi connectivity index (χ2n) is 8.71. The minimum absolute atomic E-state index is 0.0815. The Hall–Kier alpha value is -3.74. The van der Waals surface area contributed by atoms with Crippen molar-refractivity contribution in [2.45, 2.75) is 32.4 Å². The SMILES string of the molecule is CC#CCn1c(C2CCCN2C=CC(=O)c2ccccc2Cl)c(-c2ccccc2)c2ccccc21. The third-order valence-electron chi connectivity index (χ3n) is 6.65. The van der Waals surface area contributed by atoms with Crippen LogP contribution in [0.25, 0.3) is 22.0 Å². The Labute approximate surface area is 211 Å². The van der Waals surface area contributed by atoms with Gasteiger partial charge < -0.3 is 9.47 Å². The summed E-state index contributed by atoms with van der Waals surface area (Å²) in [6, 6.07) is 26.5. The molecule has 1 aromatic heterocycles. The predicted octanol–water partition coefficient (Wildman–Crippen LogP) is 7.52. The summed E-state index contributed by atoms with van der Waals surface area (Å²) in [6.07, 6.45) is 5.68. The lowest BCUT2D eigenvalue weighted by atomic mass is 9.97. The van der Waals surface area contributed by atoms with E-state index in [-0.39, 0.29) is 11.8 Å². The van der Waals surface area contributed by atoms with Crippen LogP contribution in [-0.4, -0.2) is 21.8 Å². The maximum atomic E-state index is 12.9. The van der Waals surface area contributed by atoms with Gasteiger partial charge in [0, 0.05) is 40.9 Å². The van der Waals surface area contributed by atoms with Crippen LogP contribution in [0, 0.1) is 11.8 Å². The highest BCUT2D eigenvalue weighted by molar-refractivity contribution is 6.34. The molecule has 0 N–H and O–H groups in total. The molecular formula is C31H27ClN2O. The van der Waals surface area contributed by atoms with Crippen LogP contribution in [0.15, 0.2) is 91.1 Å². The second-order valence-corrected chi connectivity index (χ2v) is 9.12. The number of rotatable bonds is 6. The van der Waals surface area contributed by atoms with Gasteiger partial charge in [0.1, 0.15) is 0 Å². The van der Waals surface area contributed by atoms with Crippen molar-refractivity contribution in [3.05, 3.63) is 107 Å². The molecule has 1 unspecified atom stereocenters. The average molecular weight is 479 g/mol. The number of hydrogen-bond acceptors (Lipinski definition) is 2. The molecule has 174 valence electrons. The summed E-state index contributed by atoms with van der Waals surface area (Å²) in [5.41, 5.74) is 5.42. The maximum Gasteiger partial charge on any atom is 0.188 e. The van der Waals surface area contributed by atoms with Crippen LogP contribution in [0.3, 0.4) is 0 Å². The summed E-state index contributed by atoms with van der Waals surface area (Å²) in [7, 11) is 0. The summed E-state index contributed by atoms with van der Waals surface area (Å²) >= 11 is 6.26. The molecular weight excluding hydrogens is 452 g/mol. The zero-order chi connectivity index (χ0) is 24.2. The Morgan fingerprint density at radius 2 is 1.77 bits per heavy atom. The van der Waals surface area contributed by atoms with Gasteiger partial charge in [-0.05, 0) is 43.5 Å². The summed E-state index contributed by atoms with van der Waals surface area (Å²) < 4.78 is 2.36. The van der Waals surface area contributed by atoms with Crippen molar-refractivity contribution in [2.75, 3.05) is 6.54 Å². The van der Waals surface area contributed by atoms with E-state index < -0.39 is 0 Å². The van der Waals surface area contributed by atoms with Gasteiger partial charge in [0.25, 0.3) is 0 Å². The standard InChI is InChI=1S/C31H27ClN2O/c1-2-3-21-34-27-17-10-8-15-25(27)30(23-12-5-4-6-13-23)31(34)28-18-11-20-33(28)22-19-29(35)24-14-7-9-16-26(24)32/h4-10,12-17,19,22,28H,11,18,20-21H2,1H3. The van der Waals surface area contributed by atoms with E-state index in [9.17, 15) is 4.79 Å². The summed E-state index contributed by atoms with van der Waals surface area (Å²) in [5, 5.41) is 1.71. The fourth-order valence-corrected chi connectivity index (χ4v) is 5.31. The van der Waals surface area contributed by atoms with Gasteiger partial charge in [-0.2, -0.15) is 0 Å². The lowest BCUT2D eigenvalue weighted by Gasteiger charge is -2.26. The highest BCUT2D eigenvalue weighted by atomic mass is 35.5. The summed E-state index contributed by atoms with van der Waals surface area (Å²) in [4.78, 5) is 15.2. The van der Waals surface area contributed by atoms with E-state index in [1.165, 1.54) is 27.7 Å². The number of hydrogen-bond donors (Lipinski definition) is 0. The highest BCUT2D eigenvalue weighted by Gasteiger charge is 2.31. The molecule has 4 heteroatoms. The van der Waals surface area contributed by atoms with Gasteiger partial charge in [-0.1, -0.05) is 78.2 Å². The zero-order valence-corrected chi connectivity index (χ0v) is 20.5. The van der Waals surface area contributed by atoms with E-state index in [4.69, 9.17) is 11.6 Å². The first-order valence-electron chi connectivity index (χ1n) is 12.0. The normalized spacial score (nSPS) is 15.5. The van der Waals surface area contributed by atoms with Crippen molar-refractivity contribution in [2.24, 2.45) is 0 Å². The lowest BCUT2D eigenvalue weighted by molar-refractivity contribution is 0.104. The van der Waals surface area contributed by atoms with Crippen molar-refractivity contribution >= 4 is 28.3 Å². The van der Waals surface area contributed by atoms with Crippen molar-refractivity contribution < 1.29 is 4.79 Å². The van der Waals surface area contributed by atoms with Gasteiger partial charge in [0.05, 0.1) is 23.3 Å². The molecule has 0 bridgehead atoms. The second kappa shape index (κ2) is 10.3. The van der Waals surface area contributed by atoms with E-state index >= 15 is 0 Å². The van der Waals surface area contributed by atoms with Crippen LogP contribution < -0.4 is 0 Å². The molecule has 1 aliphatic heterocycles. The van der Waals surface area contributed by atoms with E-state index in [1.54, 1.807) is 18.2 Å². The van der Waals surface area contributed by atoms with Gasteiger partial charge in [-0.15, -0.1) is 5.92 Å². The number of aromatic nitrogens is 1. The van der Waals surface area contributed by atoms with Crippen LogP contribution in [-0.2, 0) is 6.54 Å². The molecule has 0 saturated carbocycles. The molecule has 1 saturated heterocycles. The minimum Gasteiger partial charge on any atom is -0.369 e. The average Bonchev–Trinajstić information content (AvgIpc) is 3.48. The number of likely N-dealkylation sites (tertiary alicyclic amines) is 1. The van der Waals surface area contributed by atoms with Crippen molar-refractivity contribution in [1.29, 1.82) is 0 Å². The Kier molecular flexibility index (Phi) is 6.75. The number of nitrogens with zero attached hydrogens (tertiary/aromatic N) is 2. The monoisotopic (exact) mass is 478 g/mol. The third-order valence-corrected chi connectivity index (χ3v) is 6.98. The Balaban J connectivity index is 1.61. The quantitative estimate of drug-likeness (QED) is 0.163. The number of para-hydroxylation sites is 1. The fourth-order valence-electron chi connectivity index (χ4n) is 5.08. The predicted molar refractivity (Wildman–Crippen MR) is 144 cm³/mol. The molecule has 2 heterocycles. The number of ketones is 1. The van der Waals surface area contributed by atoms with Gasteiger partial charge in [0.15, 0.2) is 5.78 Å². The van der Waals surface area contributed by atoms with Crippen LogP contribution in [0.1, 0.15) is 41.9 Å².